The fraction of sp³-hybridized carbons (Fsp3) is 0.143. The van der Waals surface area contributed by atoms with Crippen molar-refractivity contribution in [3.63, 3.8) is 0 Å². The van der Waals surface area contributed by atoms with Crippen LogP contribution in [0.3, 0.4) is 0 Å². The van der Waals surface area contributed by atoms with Gasteiger partial charge in [0.05, 0.1) is 0 Å². The molecule has 1 amide bonds. The standard InChI is InChI=1S/C14H13BrN2O2/c1-10-2-5-12(6-3-10)19-9-14(18)17-13-7-4-11(15)8-16-13/h2-8H,9H2,1H3,(H,16,17,18). The van der Waals surface area contributed by atoms with Crippen molar-refractivity contribution >= 4 is 27.7 Å². The minimum absolute atomic E-state index is 0.0409. The Morgan fingerprint density at radius 3 is 2.63 bits per heavy atom. The van der Waals surface area contributed by atoms with Crippen LogP contribution in [0, 0.1) is 6.92 Å². The summed E-state index contributed by atoms with van der Waals surface area (Å²) in [4.78, 5) is 15.7. The van der Waals surface area contributed by atoms with Crippen LogP contribution in [0.4, 0.5) is 5.82 Å². The third-order valence-corrected chi connectivity index (χ3v) is 2.85. The smallest absolute Gasteiger partial charge is 0.263 e. The fourth-order valence-electron chi connectivity index (χ4n) is 1.41. The van der Waals surface area contributed by atoms with Crippen LogP contribution >= 0.6 is 15.9 Å². The molecule has 0 unspecified atom stereocenters. The van der Waals surface area contributed by atoms with E-state index in [1.165, 1.54) is 0 Å². The second-order valence-electron chi connectivity index (χ2n) is 4.01. The van der Waals surface area contributed by atoms with E-state index >= 15 is 0 Å². The molecule has 0 fully saturated rings. The lowest BCUT2D eigenvalue weighted by molar-refractivity contribution is -0.118. The second kappa shape index (κ2) is 6.33. The number of halogens is 1. The van der Waals surface area contributed by atoms with E-state index in [1.807, 2.05) is 37.3 Å². The molecule has 1 heterocycles. The first-order valence-electron chi connectivity index (χ1n) is 5.74. The zero-order valence-corrected chi connectivity index (χ0v) is 12.0. The van der Waals surface area contributed by atoms with E-state index in [2.05, 4.69) is 26.2 Å². The van der Waals surface area contributed by atoms with Crippen molar-refractivity contribution in [1.82, 2.24) is 4.98 Å². The number of anilines is 1. The van der Waals surface area contributed by atoms with Gasteiger partial charge < -0.3 is 10.1 Å². The zero-order chi connectivity index (χ0) is 13.7. The number of nitrogens with one attached hydrogen (secondary N) is 1. The molecule has 5 heteroatoms. The van der Waals surface area contributed by atoms with Gasteiger partial charge >= 0.3 is 0 Å². The van der Waals surface area contributed by atoms with Crippen LogP contribution in [0.2, 0.25) is 0 Å². The molecule has 4 nitrogen and oxygen atoms in total. The highest BCUT2D eigenvalue weighted by atomic mass is 79.9. The van der Waals surface area contributed by atoms with Crippen molar-refractivity contribution in [2.75, 3.05) is 11.9 Å². The molecule has 0 saturated heterocycles. The Balaban J connectivity index is 1.84. The number of rotatable bonds is 4. The third-order valence-electron chi connectivity index (χ3n) is 2.39. The molecule has 2 rings (SSSR count). The van der Waals surface area contributed by atoms with Crippen LogP contribution in [-0.2, 0) is 4.79 Å². The van der Waals surface area contributed by atoms with Gasteiger partial charge in [-0.3, -0.25) is 4.79 Å². The van der Waals surface area contributed by atoms with E-state index in [0.717, 1.165) is 10.0 Å². The number of amides is 1. The highest BCUT2D eigenvalue weighted by Crippen LogP contribution is 2.12. The summed E-state index contributed by atoms with van der Waals surface area (Å²) in [5.41, 5.74) is 1.15. The number of pyridine rings is 1. The van der Waals surface area contributed by atoms with E-state index in [9.17, 15) is 4.79 Å². The molecule has 0 atom stereocenters. The van der Waals surface area contributed by atoms with Gasteiger partial charge in [0.2, 0.25) is 0 Å². The van der Waals surface area contributed by atoms with Gasteiger partial charge in [0.15, 0.2) is 6.61 Å². The maximum Gasteiger partial charge on any atom is 0.263 e. The molecule has 98 valence electrons. The summed E-state index contributed by atoms with van der Waals surface area (Å²) >= 11 is 3.28. The number of benzene rings is 1. The lowest BCUT2D eigenvalue weighted by Gasteiger charge is -2.07. The zero-order valence-electron chi connectivity index (χ0n) is 10.4. The van der Waals surface area contributed by atoms with Gasteiger partial charge in [-0.1, -0.05) is 17.7 Å². The van der Waals surface area contributed by atoms with Crippen molar-refractivity contribution in [2.45, 2.75) is 6.92 Å². The lowest BCUT2D eigenvalue weighted by atomic mass is 10.2. The molecule has 1 aromatic carbocycles. The number of aryl methyl sites for hydroxylation is 1. The highest BCUT2D eigenvalue weighted by Gasteiger charge is 2.04. The topological polar surface area (TPSA) is 51.2 Å². The Morgan fingerprint density at radius 1 is 1.26 bits per heavy atom. The number of hydrogen-bond donors (Lipinski definition) is 1. The fourth-order valence-corrected chi connectivity index (χ4v) is 1.65. The quantitative estimate of drug-likeness (QED) is 0.941. The lowest BCUT2D eigenvalue weighted by Crippen LogP contribution is -2.20. The van der Waals surface area contributed by atoms with Crippen molar-refractivity contribution in [2.24, 2.45) is 0 Å². The average molecular weight is 321 g/mol. The van der Waals surface area contributed by atoms with Crippen LogP contribution in [0.25, 0.3) is 0 Å². The van der Waals surface area contributed by atoms with E-state index in [-0.39, 0.29) is 12.5 Å². The first kappa shape index (κ1) is 13.5. The average Bonchev–Trinajstić information content (AvgIpc) is 2.41. The Labute approximate surface area is 119 Å². The monoisotopic (exact) mass is 320 g/mol. The van der Waals surface area contributed by atoms with Crippen molar-refractivity contribution in [1.29, 1.82) is 0 Å². The molecule has 1 N–H and O–H groups in total. The summed E-state index contributed by atoms with van der Waals surface area (Å²) in [6, 6.07) is 11.1. The summed E-state index contributed by atoms with van der Waals surface area (Å²) in [6.07, 6.45) is 1.62. The van der Waals surface area contributed by atoms with Crippen LogP contribution in [-0.4, -0.2) is 17.5 Å². The van der Waals surface area contributed by atoms with Crippen molar-refractivity contribution in [3.8, 4) is 5.75 Å². The first-order chi connectivity index (χ1) is 9.13. The summed E-state index contributed by atoms with van der Waals surface area (Å²) in [6.45, 7) is 1.95. The van der Waals surface area contributed by atoms with Gasteiger partial charge in [0.1, 0.15) is 11.6 Å². The van der Waals surface area contributed by atoms with Crippen LogP contribution in [0.1, 0.15) is 5.56 Å². The molecule has 19 heavy (non-hydrogen) atoms. The maximum atomic E-state index is 11.6. The predicted octanol–water partition coefficient (Wildman–Crippen LogP) is 3.17. The van der Waals surface area contributed by atoms with E-state index < -0.39 is 0 Å². The summed E-state index contributed by atoms with van der Waals surface area (Å²) in [5, 5.41) is 2.65. The Morgan fingerprint density at radius 2 is 2.00 bits per heavy atom. The van der Waals surface area contributed by atoms with E-state index in [0.29, 0.717) is 11.6 Å². The number of ether oxygens (including phenoxy) is 1. The Hall–Kier alpha value is -1.88. The van der Waals surface area contributed by atoms with Gasteiger partial charge in [0.25, 0.3) is 5.91 Å². The van der Waals surface area contributed by atoms with Crippen LogP contribution < -0.4 is 10.1 Å². The molecule has 1 aromatic heterocycles. The second-order valence-corrected chi connectivity index (χ2v) is 4.93. The van der Waals surface area contributed by atoms with Gasteiger partial charge in [-0.25, -0.2) is 4.98 Å². The molecular weight excluding hydrogens is 308 g/mol. The van der Waals surface area contributed by atoms with Crippen LogP contribution in [0.5, 0.6) is 5.75 Å². The summed E-state index contributed by atoms with van der Waals surface area (Å²) in [7, 11) is 0. The van der Waals surface area contributed by atoms with E-state index in [4.69, 9.17) is 4.74 Å². The molecule has 0 saturated carbocycles. The number of hydrogen-bond acceptors (Lipinski definition) is 3. The van der Waals surface area contributed by atoms with Crippen LogP contribution in [0.15, 0.2) is 47.1 Å². The van der Waals surface area contributed by atoms with Gasteiger partial charge in [-0.15, -0.1) is 0 Å². The molecular formula is C14H13BrN2O2. The molecule has 0 aliphatic rings. The largest absolute Gasteiger partial charge is 0.484 e. The summed E-state index contributed by atoms with van der Waals surface area (Å²) < 4.78 is 6.23. The first-order valence-corrected chi connectivity index (χ1v) is 6.53. The Kier molecular flexibility index (Phi) is 4.52. The number of nitrogens with zero attached hydrogens (tertiary/aromatic N) is 1. The number of carbonyl (C=O) groups is 1. The van der Waals surface area contributed by atoms with Crippen molar-refractivity contribution < 1.29 is 9.53 Å². The van der Waals surface area contributed by atoms with Crippen molar-refractivity contribution in [3.05, 3.63) is 52.6 Å². The molecule has 0 bridgehead atoms. The highest BCUT2D eigenvalue weighted by molar-refractivity contribution is 9.10. The predicted molar refractivity (Wildman–Crippen MR) is 77.2 cm³/mol. The van der Waals surface area contributed by atoms with E-state index in [1.54, 1.807) is 12.3 Å². The minimum atomic E-state index is -0.240. The van der Waals surface area contributed by atoms with Gasteiger partial charge in [-0.2, -0.15) is 0 Å². The number of aromatic nitrogens is 1. The summed E-state index contributed by atoms with van der Waals surface area (Å²) in [5.74, 6) is 0.931. The normalized spacial score (nSPS) is 10.0. The molecule has 0 radical (unpaired) electrons. The maximum absolute atomic E-state index is 11.6. The molecule has 0 aliphatic carbocycles. The Bertz CT molecular complexity index is 553. The molecule has 2 aromatic rings. The van der Waals surface area contributed by atoms with Gasteiger partial charge in [0, 0.05) is 10.7 Å². The molecule has 0 aliphatic heterocycles. The number of carbonyl (C=O) groups excluding carboxylic acids is 1. The molecule has 0 spiro atoms. The minimum Gasteiger partial charge on any atom is -0.484 e. The van der Waals surface area contributed by atoms with Gasteiger partial charge in [-0.05, 0) is 47.1 Å². The third kappa shape index (κ3) is 4.37. The SMILES string of the molecule is Cc1ccc(OCC(=O)Nc2ccc(Br)cn2)cc1.